The fourth-order valence-electron chi connectivity index (χ4n) is 0.705. The van der Waals surface area contributed by atoms with Crippen molar-refractivity contribution in [3.8, 4) is 0 Å². The highest BCUT2D eigenvalue weighted by Gasteiger charge is 2.30. The van der Waals surface area contributed by atoms with E-state index >= 15 is 0 Å². The summed E-state index contributed by atoms with van der Waals surface area (Å²) < 4.78 is 8.74. The summed E-state index contributed by atoms with van der Waals surface area (Å²) in [6.07, 6.45) is 2.51. The van der Waals surface area contributed by atoms with Crippen LogP contribution in [0.25, 0.3) is 0 Å². The third-order valence-electron chi connectivity index (χ3n) is 1.34. The van der Waals surface area contributed by atoms with Gasteiger partial charge in [0, 0.05) is 6.42 Å². The van der Waals surface area contributed by atoms with E-state index in [0.717, 1.165) is 0 Å². The number of ether oxygens (including phenoxy) is 2. The Labute approximate surface area is 80.0 Å². The Morgan fingerprint density at radius 1 is 1.83 bits per heavy atom. The van der Waals surface area contributed by atoms with E-state index in [1.165, 1.54) is 18.9 Å². The fraction of sp³-hybridized carbons (Fsp3) is 0.571. The first-order chi connectivity index (χ1) is 5.66. The predicted molar refractivity (Wildman–Crippen MR) is 47.9 cm³/mol. The molecular formula is C7H9ClO3S. The molecule has 0 aromatic carbocycles. The van der Waals surface area contributed by atoms with Gasteiger partial charge in [-0.15, -0.1) is 0 Å². The van der Waals surface area contributed by atoms with Crippen LogP contribution >= 0.6 is 23.4 Å². The van der Waals surface area contributed by atoms with Gasteiger partial charge in [0.1, 0.15) is 6.61 Å². The second-order valence-electron chi connectivity index (χ2n) is 2.22. The van der Waals surface area contributed by atoms with E-state index in [1.807, 2.05) is 11.5 Å². The number of hydrogen-bond donors (Lipinski definition) is 0. The van der Waals surface area contributed by atoms with Crippen molar-refractivity contribution in [2.75, 3.05) is 13.7 Å². The van der Waals surface area contributed by atoms with Gasteiger partial charge in [0.25, 0.3) is 0 Å². The van der Waals surface area contributed by atoms with E-state index in [0.29, 0.717) is 6.42 Å². The highest BCUT2D eigenvalue weighted by atomic mass is 35.5. The number of methoxy groups -OCH3 is 1. The summed E-state index contributed by atoms with van der Waals surface area (Å²) in [5, 5.41) is 1.85. The normalized spacial score (nSPS) is 27.5. The highest BCUT2D eigenvalue weighted by molar-refractivity contribution is 8.04. The lowest BCUT2D eigenvalue weighted by Gasteiger charge is -2.19. The van der Waals surface area contributed by atoms with Gasteiger partial charge in [-0.25, -0.2) is 4.79 Å². The van der Waals surface area contributed by atoms with E-state index < -0.39 is 10.4 Å². The van der Waals surface area contributed by atoms with Crippen LogP contribution in [-0.2, 0) is 14.3 Å². The SMILES string of the molecule is COC(=O)COC1(Cl)CC=CS1. The number of halogens is 1. The summed E-state index contributed by atoms with van der Waals surface area (Å²) in [7, 11) is 1.31. The minimum Gasteiger partial charge on any atom is -0.467 e. The molecule has 0 aliphatic carbocycles. The largest absolute Gasteiger partial charge is 0.467 e. The molecule has 0 aromatic heterocycles. The zero-order chi connectivity index (χ0) is 9.03. The van der Waals surface area contributed by atoms with Crippen molar-refractivity contribution in [1.29, 1.82) is 0 Å². The van der Waals surface area contributed by atoms with Crippen molar-refractivity contribution in [3.05, 3.63) is 11.5 Å². The maximum atomic E-state index is 10.7. The van der Waals surface area contributed by atoms with Gasteiger partial charge in [0.05, 0.1) is 7.11 Å². The molecule has 1 aliphatic rings. The van der Waals surface area contributed by atoms with Gasteiger partial charge >= 0.3 is 5.97 Å². The molecule has 5 heteroatoms. The van der Waals surface area contributed by atoms with Crippen molar-refractivity contribution in [3.63, 3.8) is 0 Å². The fourth-order valence-corrected chi connectivity index (χ4v) is 1.72. The molecule has 12 heavy (non-hydrogen) atoms. The minimum atomic E-state index is -0.797. The molecule has 0 spiro atoms. The van der Waals surface area contributed by atoms with Crippen molar-refractivity contribution >= 4 is 29.3 Å². The Kier molecular flexibility index (Phi) is 3.43. The van der Waals surface area contributed by atoms with E-state index in [-0.39, 0.29) is 6.61 Å². The lowest BCUT2D eigenvalue weighted by Crippen LogP contribution is -2.22. The molecule has 0 amide bonds. The minimum absolute atomic E-state index is 0.103. The maximum absolute atomic E-state index is 10.7. The summed E-state index contributed by atoms with van der Waals surface area (Å²) >= 11 is 7.29. The third-order valence-corrected chi connectivity index (χ3v) is 2.83. The average molecular weight is 209 g/mol. The molecule has 0 radical (unpaired) electrons. The van der Waals surface area contributed by atoms with Crippen molar-refractivity contribution in [1.82, 2.24) is 0 Å². The van der Waals surface area contributed by atoms with Gasteiger partial charge in [0.2, 0.25) is 0 Å². The van der Waals surface area contributed by atoms with Crippen LogP contribution in [0.3, 0.4) is 0 Å². The molecule has 1 rings (SSSR count). The monoisotopic (exact) mass is 208 g/mol. The Morgan fingerprint density at radius 2 is 2.58 bits per heavy atom. The summed E-state index contributed by atoms with van der Waals surface area (Å²) in [4.78, 5) is 10.7. The Balaban J connectivity index is 2.27. The maximum Gasteiger partial charge on any atom is 0.331 e. The van der Waals surface area contributed by atoms with Crippen molar-refractivity contribution in [2.24, 2.45) is 0 Å². The smallest absolute Gasteiger partial charge is 0.331 e. The highest BCUT2D eigenvalue weighted by Crippen LogP contribution is 2.40. The Morgan fingerprint density at radius 3 is 3.08 bits per heavy atom. The molecule has 0 aromatic rings. The second-order valence-corrected chi connectivity index (χ2v) is 4.22. The number of carbonyl (C=O) groups excluding carboxylic acids is 1. The standard InChI is InChI=1S/C7H9ClO3S/c1-10-6(9)5-11-7(8)3-2-4-12-7/h2,4H,3,5H2,1H3. The molecular weight excluding hydrogens is 200 g/mol. The number of alkyl halides is 1. The summed E-state index contributed by atoms with van der Waals surface area (Å²) in [5.41, 5.74) is 0. The van der Waals surface area contributed by atoms with Gasteiger partial charge in [0.15, 0.2) is 4.39 Å². The molecule has 0 saturated heterocycles. The van der Waals surface area contributed by atoms with Crippen LogP contribution in [0.15, 0.2) is 11.5 Å². The molecule has 0 fully saturated rings. The number of thioether (sulfide) groups is 1. The summed E-state index contributed by atoms with van der Waals surface area (Å²) in [6.45, 7) is -0.103. The Bertz CT molecular complexity index is 197. The predicted octanol–water partition coefficient (Wildman–Crippen LogP) is 1.72. The molecule has 3 nitrogen and oxygen atoms in total. The Hall–Kier alpha value is -0.190. The van der Waals surface area contributed by atoms with Crippen molar-refractivity contribution < 1.29 is 14.3 Å². The molecule has 1 unspecified atom stereocenters. The topological polar surface area (TPSA) is 35.5 Å². The van der Waals surface area contributed by atoms with E-state index in [9.17, 15) is 4.79 Å². The molecule has 68 valence electrons. The number of hydrogen-bond acceptors (Lipinski definition) is 4. The first kappa shape index (κ1) is 9.89. The van der Waals surface area contributed by atoms with E-state index in [2.05, 4.69) is 4.74 Å². The summed E-state index contributed by atoms with van der Waals surface area (Å²) in [5.74, 6) is -0.414. The molecule has 1 atom stereocenters. The number of rotatable bonds is 3. The molecule has 1 heterocycles. The molecule has 1 aliphatic heterocycles. The van der Waals surface area contributed by atoms with E-state index in [4.69, 9.17) is 16.3 Å². The van der Waals surface area contributed by atoms with Crippen LogP contribution in [0.4, 0.5) is 0 Å². The second kappa shape index (κ2) is 4.16. The molecule has 0 saturated carbocycles. The lowest BCUT2D eigenvalue weighted by molar-refractivity contribution is -0.147. The van der Waals surface area contributed by atoms with Crippen LogP contribution in [0.2, 0.25) is 0 Å². The van der Waals surface area contributed by atoms with Crippen LogP contribution in [-0.4, -0.2) is 24.1 Å². The molecule has 0 N–H and O–H groups in total. The number of carbonyl (C=O) groups is 1. The van der Waals surface area contributed by atoms with Crippen LogP contribution in [0, 0.1) is 0 Å². The van der Waals surface area contributed by atoms with Crippen LogP contribution in [0.5, 0.6) is 0 Å². The van der Waals surface area contributed by atoms with Crippen LogP contribution < -0.4 is 0 Å². The van der Waals surface area contributed by atoms with Gasteiger partial charge in [-0.05, 0) is 5.41 Å². The van der Waals surface area contributed by atoms with Crippen molar-refractivity contribution in [2.45, 2.75) is 10.8 Å². The van der Waals surface area contributed by atoms with Gasteiger partial charge in [-0.2, -0.15) is 0 Å². The zero-order valence-corrected chi connectivity index (χ0v) is 8.15. The van der Waals surface area contributed by atoms with Gasteiger partial charge in [-0.3, -0.25) is 0 Å². The summed E-state index contributed by atoms with van der Waals surface area (Å²) in [6, 6.07) is 0. The van der Waals surface area contributed by atoms with E-state index in [1.54, 1.807) is 0 Å². The number of esters is 1. The zero-order valence-electron chi connectivity index (χ0n) is 6.58. The third kappa shape index (κ3) is 2.69. The van der Waals surface area contributed by atoms with Gasteiger partial charge in [-0.1, -0.05) is 29.4 Å². The quantitative estimate of drug-likeness (QED) is 0.523. The first-order valence-corrected chi connectivity index (χ1v) is 4.64. The van der Waals surface area contributed by atoms with Crippen LogP contribution in [0.1, 0.15) is 6.42 Å². The first-order valence-electron chi connectivity index (χ1n) is 3.39. The lowest BCUT2D eigenvalue weighted by atomic mass is 10.4. The van der Waals surface area contributed by atoms with Gasteiger partial charge < -0.3 is 9.47 Å². The average Bonchev–Trinajstić information content (AvgIpc) is 2.49. The molecule has 0 bridgehead atoms.